The van der Waals surface area contributed by atoms with Gasteiger partial charge in [-0.15, -0.1) is 0 Å². The van der Waals surface area contributed by atoms with Crippen molar-refractivity contribution in [2.24, 2.45) is 11.8 Å². The van der Waals surface area contributed by atoms with Gasteiger partial charge in [0.05, 0.1) is 36.4 Å². The summed E-state index contributed by atoms with van der Waals surface area (Å²) in [5, 5.41) is 34.7. The number of halogens is 1. The fraction of sp³-hybridized carbons (Fsp3) is 0.595. The second kappa shape index (κ2) is 16.5. The summed E-state index contributed by atoms with van der Waals surface area (Å²) in [7, 11) is 2.94. The maximum atomic E-state index is 14.0. The van der Waals surface area contributed by atoms with Gasteiger partial charge in [-0.25, -0.2) is 9.59 Å². The second-order valence-corrected chi connectivity index (χ2v) is 14.7. The lowest BCUT2D eigenvalue weighted by Gasteiger charge is -2.42. The molecule has 2 saturated heterocycles. The molecule has 15 heteroatoms. The normalized spacial score (nSPS) is 31.6. The highest BCUT2D eigenvalue weighted by molar-refractivity contribution is 6.34. The molecule has 4 N–H and O–H groups in total. The maximum absolute atomic E-state index is 14.0. The van der Waals surface area contributed by atoms with Crippen molar-refractivity contribution in [3.05, 3.63) is 52.1 Å². The van der Waals surface area contributed by atoms with Crippen molar-refractivity contribution in [2.45, 2.75) is 109 Å². The maximum Gasteiger partial charge on any atom is 0.409 e. The molecule has 0 spiro atoms. The van der Waals surface area contributed by atoms with Gasteiger partial charge in [0.2, 0.25) is 11.8 Å². The van der Waals surface area contributed by atoms with Gasteiger partial charge in [-0.2, -0.15) is 0 Å². The summed E-state index contributed by atoms with van der Waals surface area (Å²) in [6, 6.07) is 2.38. The third kappa shape index (κ3) is 9.03. The van der Waals surface area contributed by atoms with Gasteiger partial charge in [-0.1, -0.05) is 48.4 Å². The number of aliphatic hydroxyl groups excluding tert-OH is 2. The van der Waals surface area contributed by atoms with Crippen molar-refractivity contribution in [2.75, 3.05) is 25.6 Å². The molecule has 2 fully saturated rings. The first-order valence-corrected chi connectivity index (χ1v) is 17.7. The van der Waals surface area contributed by atoms with Crippen molar-refractivity contribution >= 4 is 46.9 Å². The van der Waals surface area contributed by atoms with Crippen molar-refractivity contribution in [3.63, 3.8) is 0 Å². The Kier molecular flexibility index (Phi) is 13.0. The Balaban J connectivity index is 1.75. The number of ether oxygens (including phenoxy) is 3. The molecule has 1 aromatic rings. The van der Waals surface area contributed by atoms with Gasteiger partial charge in [0.1, 0.15) is 29.6 Å². The monoisotopic (exact) mass is 747 g/mol. The standard InChI is InChI=1S/C37H50ClN3O11/c1-20-9-8-10-26(19-43)37(49)17-28(50-35(48)39-37)22(3)33-36(5,52-33)29(51-34(47)23(4)40(6)30(45)12-11-21(2)44)16-31(46)41(7)27-15-24(13-20)14-25(18-42)32(27)38/h8-10,14-15,22-23,26,28-29,33,42-43,49H,11-13,16-19H2,1-7H3,(H,39,48)/b10-8+,20-9+/t22-,23+,26+,28+,29+,33+,36+,37+/m1/s1. The number of epoxide rings is 1. The number of allylic oxidation sites excluding steroid dienone is 3. The summed E-state index contributed by atoms with van der Waals surface area (Å²) in [5.74, 6) is -3.42. The Hall–Kier alpha value is -3.82. The highest BCUT2D eigenvalue weighted by Crippen LogP contribution is 2.49. The first kappa shape index (κ1) is 40.9. The number of hydrogen-bond acceptors (Lipinski definition) is 11. The fourth-order valence-corrected chi connectivity index (χ4v) is 7.06. The van der Waals surface area contributed by atoms with E-state index in [4.69, 9.17) is 25.8 Å². The van der Waals surface area contributed by atoms with Crippen molar-refractivity contribution < 1.29 is 53.5 Å². The summed E-state index contributed by atoms with van der Waals surface area (Å²) in [5.41, 5.74) is -0.835. The lowest BCUT2D eigenvalue weighted by Crippen LogP contribution is -2.62. The van der Waals surface area contributed by atoms with E-state index < -0.39 is 84.6 Å². The highest BCUT2D eigenvalue weighted by Gasteiger charge is 2.64. The van der Waals surface area contributed by atoms with Crippen molar-refractivity contribution in [1.82, 2.24) is 10.2 Å². The average molecular weight is 748 g/mol. The number of fused-ring (bicyclic) bond motifs is 5. The third-order valence-corrected chi connectivity index (χ3v) is 10.9. The number of ketones is 1. The minimum atomic E-state index is -1.88. The van der Waals surface area contributed by atoms with Gasteiger partial charge >= 0.3 is 12.1 Å². The number of rotatable bonds is 8. The lowest BCUT2D eigenvalue weighted by molar-refractivity contribution is -0.162. The van der Waals surface area contributed by atoms with E-state index in [1.807, 2.05) is 6.92 Å². The first-order valence-electron chi connectivity index (χ1n) is 17.3. The molecule has 3 aliphatic heterocycles. The number of esters is 1. The van der Waals surface area contributed by atoms with Gasteiger partial charge in [0.15, 0.2) is 5.72 Å². The van der Waals surface area contributed by atoms with Crippen LogP contribution in [0.15, 0.2) is 35.9 Å². The van der Waals surface area contributed by atoms with E-state index in [1.54, 1.807) is 44.2 Å². The molecule has 286 valence electrons. The zero-order valence-electron chi connectivity index (χ0n) is 30.7. The van der Waals surface area contributed by atoms with E-state index in [0.717, 1.165) is 11.1 Å². The topological polar surface area (TPSA) is 196 Å². The molecule has 0 aromatic heterocycles. The number of benzene rings is 1. The molecule has 0 saturated carbocycles. The molecule has 3 aliphatic rings. The van der Waals surface area contributed by atoms with Gasteiger partial charge in [0.25, 0.3) is 0 Å². The van der Waals surface area contributed by atoms with Crippen molar-refractivity contribution in [1.29, 1.82) is 0 Å². The number of nitrogens with zero attached hydrogens (tertiary/aromatic N) is 2. The van der Waals surface area contributed by atoms with Gasteiger partial charge in [0, 0.05) is 45.2 Å². The quantitative estimate of drug-likeness (QED) is 0.226. The molecule has 4 rings (SSSR count). The van der Waals surface area contributed by atoms with Crippen LogP contribution in [0, 0.1) is 11.8 Å². The predicted molar refractivity (Wildman–Crippen MR) is 190 cm³/mol. The van der Waals surface area contributed by atoms with Crippen LogP contribution < -0.4 is 10.2 Å². The highest BCUT2D eigenvalue weighted by atomic mass is 35.5. The molecule has 0 radical (unpaired) electrons. The van der Waals surface area contributed by atoms with E-state index in [9.17, 15) is 39.3 Å². The number of carbonyl (C=O) groups is 5. The molecule has 0 unspecified atom stereocenters. The minimum Gasteiger partial charge on any atom is -0.457 e. The zero-order valence-corrected chi connectivity index (χ0v) is 31.4. The Bertz CT molecular complexity index is 1630. The molecule has 8 atom stereocenters. The van der Waals surface area contributed by atoms with Crippen LogP contribution in [0.4, 0.5) is 10.5 Å². The summed E-state index contributed by atoms with van der Waals surface area (Å²) < 4.78 is 17.8. The average Bonchev–Trinajstić information content (AvgIpc) is 3.79. The fourth-order valence-electron chi connectivity index (χ4n) is 6.77. The molecular formula is C37H50ClN3O11. The van der Waals surface area contributed by atoms with E-state index in [0.29, 0.717) is 17.7 Å². The van der Waals surface area contributed by atoms with E-state index >= 15 is 0 Å². The number of nitrogens with one attached hydrogen (secondary N) is 1. The van der Waals surface area contributed by atoms with Crippen LogP contribution in [-0.2, 0) is 46.4 Å². The third-order valence-electron chi connectivity index (χ3n) is 10.4. The molecule has 3 amide bonds. The summed E-state index contributed by atoms with van der Waals surface area (Å²) >= 11 is 6.69. The number of carbonyl (C=O) groups excluding carboxylic acids is 5. The van der Waals surface area contributed by atoms with Crippen LogP contribution in [0.5, 0.6) is 0 Å². The molecule has 1 aromatic carbocycles. The number of amides is 3. The van der Waals surface area contributed by atoms with Crippen LogP contribution >= 0.6 is 11.6 Å². The predicted octanol–water partition coefficient (Wildman–Crippen LogP) is 2.96. The zero-order chi connectivity index (χ0) is 38.7. The number of alkyl carbamates (subject to hydrolysis) is 1. The number of Topliss-reactive ketones (excluding diaryl/α,β-unsaturated/α-hetero) is 1. The largest absolute Gasteiger partial charge is 0.457 e. The van der Waals surface area contributed by atoms with E-state index in [-0.39, 0.29) is 36.5 Å². The lowest BCUT2D eigenvalue weighted by atomic mass is 9.81. The Morgan fingerprint density at radius 2 is 1.90 bits per heavy atom. The van der Waals surface area contributed by atoms with Gasteiger partial charge < -0.3 is 44.1 Å². The molecular weight excluding hydrogens is 698 g/mol. The SMILES string of the molecule is CC(=O)CCC(=O)N(C)[C@@H](C)C(=O)O[C@H]1CC(=O)N(C)c2cc(cc(CO)c2Cl)C/C(C)=C/C=C/[C@@H](CO)[C@@]2(O)C[C@H](OC(=O)N2)[C@@H](C)[C@@H]2O[C@@]12C. The van der Waals surface area contributed by atoms with Crippen molar-refractivity contribution in [3.8, 4) is 0 Å². The van der Waals surface area contributed by atoms with Crippen LogP contribution in [0.2, 0.25) is 5.02 Å². The molecule has 0 aliphatic carbocycles. The smallest absolute Gasteiger partial charge is 0.409 e. The summed E-state index contributed by atoms with van der Waals surface area (Å²) in [6.45, 7) is 7.24. The van der Waals surface area contributed by atoms with Crippen LogP contribution in [0.25, 0.3) is 0 Å². The van der Waals surface area contributed by atoms with E-state index in [1.165, 1.54) is 37.7 Å². The summed E-state index contributed by atoms with van der Waals surface area (Å²) in [6.07, 6.45) is 1.18. The minimum absolute atomic E-state index is 0.0171. The molecule has 52 heavy (non-hydrogen) atoms. The second-order valence-electron chi connectivity index (χ2n) is 14.4. The first-order chi connectivity index (χ1) is 24.3. The van der Waals surface area contributed by atoms with Crippen LogP contribution in [-0.4, -0.2) is 106 Å². The molecule has 3 heterocycles. The van der Waals surface area contributed by atoms with E-state index in [2.05, 4.69) is 5.32 Å². The Labute approximate surface area is 308 Å². The Morgan fingerprint density at radius 1 is 1.21 bits per heavy atom. The molecule has 4 bridgehead atoms. The van der Waals surface area contributed by atoms with Gasteiger partial charge in [-0.3, -0.25) is 14.9 Å². The number of anilines is 1. The Morgan fingerprint density at radius 3 is 2.54 bits per heavy atom. The number of hydrogen-bond donors (Lipinski definition) is 4. The summed E-state index contributed by atoms with van der Waals surface area (Å²) in [4.78, 5) is 67.1. The number of likely N-dealkylation sites (N-methyl/N-ethyl adjacent to an activating group) is 1. The molecule has 14 nitrogen and oxygen atoms in total. The number of aliphatic hydroxyl groups is 3. The van der Waals surface area contributed by atoms with Gasteiger partial charge in [-0.05, 0) is 51.3 Å². The van der Waals surface area contributed by atoms with Crippen LogP contribution in [0.3, 0.4) is 0 Å². The van der Waals surface area contributed by atoms with Crippen LogP contribution in [0.1, 0.15) is 71.4 Å².